The Balaban J connectivity index is 2.07. The Morgan fingerprint density at radius 1 is 1.12 bits per heavy atom. The van der Waals surface area contributed by atoms with Crippen molar-refractivity contribution in [1.29, 1.82) is 0 Å². The van der Waals surface area contributed by atoms with Crippen LogP contribution in [0.4, 0.5) is 5.69 Å². The van der Waals surface area contributed by atoms with Crippen molar-refractivity contribution in [3.05, 3.63) is 59.1 Å². The largest absolute Gasteiger partial charge is 0.478 e. The summed E-state index contributed by atoms with van der Waals surface area (Å²) in [6, 6.07) is 14.8. The normalized spacial score (nSPS) is 14.6. The first-order valence-corrected chi connectivity index (χ1v) is 8.77. The maximum absolute atomic E-state index is 12.2. The van der Waals surface area contributed by atoms with Gasteiger partial charge in [0, 0.05) is 29.1 Å². The van der Waals surface area contributed by atoms with Crippen LogP contribution in [0.2, 0.25) is 5.02 Å². The standard InChI is InChI=1S/C20H17ClN2O3/c21-14-6-7-16-15(12-14)17(20(24)25)19(23-8-10-26-11-9-23)18(22-16)13-4-2-1-3-5-13/h1-7,12H,8-11H2,(H,24,25). The van der Waals surface area contributed by atoms with Crippen molar-refractivity contribution < 1.29 is 14.6 Å². The molecule has 2 heterocycles. The van der Waals surface area contributed by atoms with E-state index in [4.69, 9.17) is 21.3 Å². The Bertz CT molecular complexity index is 970. The van der Waals surface area contributed by atoms with Crippen LogP contribution in [0.5, 0.6) is 0 Å². The molecule has 2 aromatic carbocycles. The van der Waals surface area contributed by atoms with E-state index in [2.05, 4.69) is 0 Å². The number of carboxylic acid groups (broad SMARTS) is 1. The molecule has 1 aliphatic rings. The average molecular weight is 369 g/mol. The van der Waals surface area contributed by atoms with Gasteiger partial charge in [-0.2, -0.15) is 0 Å². The molecule has 26 heavy (non-hydrogen) atoms. The summed E-state index contributed by atoms with van der Waals surface area (Å²) in [5, 5.41) is 11.1. The van der Waals surface area contributed by atoms with Crippen LogP contribution in [0.25, 0.3) is 22.2 Å². The Labute approximate surface area is 155 Å². The summed E-state index contributed by atoms with van der Waals surface area (Å²) in [7, 11) is 0. The summed E-state index contributed by atoms with van der Waals surface area (Å²) in [6.45, 7) is 2.35. The fraction of sp³-hybridized carbons (Fsp3) is 0.200. The summed E-state index contributed by atoms with van der Waals surface area (Å²) in [4.78, 5) is 19.1. The number of aromatic carboxylic acids is 1. The second kappa shape index (κ2) is 6.94. The molecule has 0 bridgehead atoms. The van der Waals surface area contributed by atoms with Gasteiger partial charge in [0.15, 0.2) is 0 Å². The van der Waals surface area contributed by atoms with Gasteiger partial charge in [-0.3, -0.25) is 0 Å². The highest BCUT2D eigenvalue weighted by molar-refractivity contribution is 6.31. The lowest BCUT2D eigenvalue weighted by molar-refractivity contribution is 0.0698. The zero-order chi connectivity index (χ0) is 18.1. The van der Waals surface area contributed by atoms with Crippen molar-refractivity contribution in [3.63, 3.8) is 0 Å². The molecule has 132 valence electrons. The van der Waals surface area contributed by atoms with Crippen molar-refractivity contribution in [2.45, 2.75) is 0 Å². The monoisotopic (exact) mass is 368 g/mol. The van der Waals surface area contributed by atoms with Crippen LogP contribution < -0.4 is 4.90 Å². The average Bonchev–Trinajstić information content (AvgIpc) is 2.67. The highest BCUT2D eigenvalue weighted by atomic mass is 35.5. The molecule has 0 radical (unpaired) electrons. The number of hydrogen-bond acceptors (Lipinski definition) is 4. The van der Waals surface area contributed by atoms with Crippen molar-refractivity contribution in [3.8, 4) is 11.3 Å². The highest BCUT2D eigenvalue weighted by Crippen LogP contribution is 2.38. The number of pyridine rings is 1. The maximum atomic E-state index is 12.2. The van der Waals surface area contributed by atoms with E-state index < -0.39 is 5.97 Å². The van der Waals surface area contributed by atoms with Gasteiger partial charge in [-0.15, -0.1) is 0 Å². The summed E-state index contributed by atoms with van der Waals surface area (Å²) < 4.78 is 5.44. The van der Waals surface area contributed by atoms with Crippen LogP contribution in [-0.2, 0) is 4.74 Å². The third-order valence-electron chi connectivity index (χ3n) is 4.51. The van der Waals surface area contributed by atoms with Crippen LogP contribution >= 0.6 is 11.6 Å². The number of carbonyl (C=O) groups is 1. The van der Waals surface area contributed by atoms with Crippen molar-refractivity contribution in [1.82, 2.24) is 4.98 Å². The summed E-state index contributed by atoms with van der Waals surface area (Å²) >= 11 is 6.14. The number of hydrogen-bond donors (Lipinski definition) is 1. The molecule has 0 unspecified atom stereocenters. The smallest absolute Gasteiger partial charge is 0.338 e. The first-order chi connectivity index (χ1) is 12.6. The second-order valence-corrected chi connectivity index (χ2v) is 6.55. The van der Waals surface area contributed by atoms with Crippen LogP contribution in [-0.4, -0.2) is 42.4 Å². The molecule has 0 atom stereocenters. The Morgan fingerprint density at radius 3 is 2.54 bits per heavy atom. The van der Waals surface area contributed by atoms with E-state index in [9.17, 15) is 9.90 Å². The minimum Gasteiger partial charge on any atom is -0.478 e. The van der Waals surface area contributed by atoms with Gasteiger partial charge >= 0.3 is 5.97 Å². The lowest BCUT2D eigenvalue weighted by Crippen LogP contribution is -2.37. The quantitative estimate of drug-likeness (QED) is 0.754. The van der Waals surface area contributed by atoms with E-state index >= 15 is 0 Å². The van der Waals surface area contributed by atoms with E-state index in [1.807, 2.05) is 35.2 Å². The number of carboxylic acids is 1. The van der Waals surface area contributed by atoms with Crippen LogP contribution in [0.1, 0.15) is 10.4 Å². The van der Waals surface area contributed by atoms with Crippen molar-refractivity contribution in [2.75, 3.05) is 31.2 Å². The molecule has 5 nitrogen and oxygen atoms in total. The summed E-state index contributed by atoms with van der Waals surface area (Å²) in [5.41, 5.74) is 3.02. The number of anilines is 1. The van der Waals surface area contributed by atoms with Gasteiger partial charge < -0.3 is 14.7 Å². The Kier molecular flexibility index (Phi) is 4.49. The van der Waals surface area contributed by atoms with Crippen molar-refractivity contribution in [2.24, 2.45) is 0 Å². The minimum atomic E-state index is -0.988. The molecule has 6 heteroatoms. The number of halogens is 1. The van der Waals surface area contributed by atoms with Crippen LogP contribution in [0.15, 0.2) is 48.5 Å². The number of benzene rings is 2. The molecule has 0 saturated carbocycles. The minimum absolute atomic E-state index is 0.234. The van der Waals surface area contributed by atoms with E-state index in [0.29, 0.717) is 53.6 Å². The molecule has 1 aliphatic heterocycles. The van der Waals surface area contributed by atoms with E-state index in [-0.39, 0.29) is 5.56 Å². The van der Waals surface area contributed by atoms with Gasteiger partial charge in [0.1, 0.15) is 0 Å². The molecule has 1 saturated heterocycles. The number of rotatable bonds is 3. The first kappa shape index (κ1) is 16.8. The van der Waals surface area contributed by atoms with Gasteiger partial charge in [-0.05, 0) is 18.2 Å². The van der Waals surface area contributed by atoms with Crippen LogP contribution in [0, 0.1) is 0 Å². The Morgan fingerprint density at radius 2 is 1.85 bits per heavy atom. The Hall–Kier alpha value is -2.63. The maximum Gasteiger partial charge on any atom is 0.338 e. The molecular weight excluding hydrogens is 352 g/mol. The second-order valence-electron chi connectivity index (χ2n) is 6.12. The third kappa shape index (κ3) is 3.00. The predicted octanol–water partition coefficient (Wildman–Crippen LogP) is 4.09. The predicted molar refractivity (Wildman–Crippen MR) is 102 cm³/mol. The summed E-state index contributed by atoms with van der Waals surface area (Å²) in [5.74, 6) is -0.988. The van der Waals surface area contributed by atoms with E-state index in [1.54, 1.807) is 18.2 Å². The van der Waals surface area contributed by atoms with Gasteiger partial charge in [0.25, 0.3) is 0 Å². The molecule has 0 aliphatic carbocycles. The van der Waals surface area contributed by atoms with Gasteiger partial charge in [-0.1, -0.05) is 41.9 Å². The topological polar surface area (TPSA) is 62.7 Å². The molecule has 1 N–H and O–H groups in total. The van der Waals surface area contributed by atoms with Gasteiger partial charge in [-0.25, -0.2) is 9.78 Å². The lowest BCUT2D eigenvalue weighted by Gasteiger charge is -2.32. The zero-order valence-corrected chi connectivity index (χ0v) is 14.7. The summed E-state index contributed by atoms with van der Waals surface area (Å²) in [6.07, 6.45) is 0. The van der Waals surface area contributed by atoms with Gasteiger partial charge in [0.2, 0.25) is 0 Å². The molecule has 4 rings (SSSR count). The van der Waals surface area contributed by atoms with Gasteiger partial charge in [0.05, 0.1) is 35.7 Å². The SMILES string of the molecule is O=C(O)c1c(N2CCOCC2)c(-c2ccccc2)nc2ccc(Cl)cc12. The number of morpholine rings is 1. The number of aromatic nitrogens is 1. The number of fused-ring (bicyclic) bond motifs is 1. The highest BCUT2D eigenvalue weighted by Gasteiger charge is 2.26. The molecule has 0 spiro atoms. The zero-order valence-electron chi connectivity index (χ0n) is 14.0. The molecular formula is C20H17ClN2O3. The fourth-order valence-electron chi connectivity index (χ4n) is 3.33. The molecule has 3 aromatic rings. The fourth-order valence-corrected chi connectivity index (χ4v) is 3.51. The van der Waals surface area contributed by atoms with Crippen LogP contribution in [0.3, 0.4) is 0 Å². The molecule has 1 fully saturated rings. The van der Waals surface area contributed by atoms with E-state index in [1.165, 1.54) is 0 Å². The first-order valence-electron chi connectivity index (χ1n) is 8.40. The molecule has 1 aromatic heterocycles. The number of ether oxygens (including phenoxy) is 1. The molecule has 0 amide bonds. The number of nitrogens with zero attached hydrogens (tertiary/aromatic N) is 2. The van der Waals surface area contributed by atoms with E-state index in [0.717, 1.165) is 5.56 Å². The third-order valence-corrected chi connectivity index (χ3v) is 4.74. The lowest BCUT2D eigenvalue weighted by atomic mass is 9.99. The van der Waals surface area contributed by atoms with Crippen molar-refractivity contribution >= 4 is 34.2 Å².